The van der Waals surface area contributed by atoms with Gasteiger partial charge in [0.25, 0.3) is 0 Å². The first-order valence-electron chi connectivity index (χ1n) is 6.51. The molecule has 0 aromatic carbocycles. The quantitative estimate of drug-likeness (QED) is 0.799. The van der Waals surface area contributed by atoms with Crippen molar-refractivity contribution < 1.29 is 9.59 Å². The Hall–Kier alpha value is -1.36. The normalized spacial score (nSPS) is 16.7. The molecule has 1 aliphatic rings. The third-order valence-electron chi connectivity index (χ3n) is 3.40. The summed E-state index contributed by atoms with van der Waals surface area (Å²) in [6.07, 6.45) is 6.63. The molecule has 3 amide bonds. The van der Waals surface area contributed by atoms with Crippen LogP contribution in [0.3, 0.4) is 0 Å². The lowest BCUT2D eigenvalue weighted by molar-refractivity contribution is -0.125. The third kappa shape index (κ3) is 4.14. The Labute approximate surface area is 108 Å². The minimum Gasteiger partial charge on any atom is -0.329 e. The zero-order valence-corrected chi connectivity index (χ0v) is 11.2. The predicted molar refractivity (Wildman–Crippen MR) is 70.7 cm³/mol. The van der Waals surface area contributed by atoms with Gasteiger partial charge in [0.15, 0.2) is 0 Å². The van der Waals surface area contributed by atoms with Crippen LogP contribution in [-0.4, -0.2) is 29.9 Å². The van der Waals surface area contributed by atoms with Gasteiger partial charge >= 0.3 is 6.03 Å². The topological polar surface area (TPSA) is 75.4 Å². The van der Waals surface area contributed by atoms with E-state index in [1.165, 1.54) is 38.2 Å². The maximum absolute atomic E-state index is 11.8. The minimum atomic E-state index is -0.398. The Morgan fingerprint density at radius 2 is 1.94 bits per heavy atom. The van der Waals surface area contributed by atoms with E-state index in [0.29, 0.717) is 5.92 Å². The maximum atomic E-state index is 11.8. The average molecular weight is 253 g/mol. The van der Waals surface area contributed by atoms with Crippen molar-refractivity contribution in [1.29, 1.82) is 0 Å². The molecule has 0 aromatic rings. The summed E-state index contributed by atoms with van der Waals surface area (Å²) >= 11 is 0. The van der Waals surface area contributed by atoms with Gasteiger partial charge in [0.2, 0.25) is 5.91 Å². The summed E-state index contributed by atoms with van der Waals surface area (Å²) in [5.74, 6) is 0.287. The molecule has 0 radical (unpaired) electrons. The number of rotatable bonds is 4. The number of hydrogen-bond acceptors (Lipinski definition) is 3. The van der Waals surface area contributed by atoms with Crippen LogP contribution in [-0.2, 0) is 4.79 Å². The Bertz CT molecular complexity index is 333. The molecule has 1 fully saturated rings. The average Bonchev–Trinajstić information content (AvgIpc) is 2.85. The fourth-order valence-corrected chi connectivity index (χ4v) is 2.28. The van der Waals surface area contributed by atoms with Crippen molar-refractivity contribution in [3.05, 3.63) is 11.8 Å². The number of nitrogens with two attached hydrogens (primary N) is 1. The summed E-state index contributed by atoms with van der Waals surface area (Å²) in [4.78, 5) is 24.2. The monoisotopic (exact) mass is 253 g/mol. The van der Waals surface area contributed by atoms with Gasteiger partial charge in [0, 0.05) is 26.2 Å². The summed E-state index contributed by atoms with van der Waals surface area (Å²) in [5.41, 5.74) is 6.55. The molecule has 0 spiro atoms. The molecule has 5 heteroatoms. The Morgan fingerprint density at radius 1 is 1.33 bits per heavy atom. The number of hydrogen-bond donors (Lipinski definition) is 2. The highest BCUT2D eigenvalue weighted by Crippen LogP contribution is 2.30. The highest BCUT2D eigenvalue weighted by Gasteiger charge is 2.18. The second-order valence-corrected chi connectivity index (χ2v) is 4.78. The zero-order chi connectivity index (χ0) is 13.5. The molecule has 0 saturated heterocycles. The zero-order valence-electron chi connectivity index (χ0n) is 11.2. The van der Waals surface area contributed by atoms with Gasteiger partial charge in [-0.3, -0.25) is 9.69 Å². The van der Waals surface area contributed by atoms with E-state index in [1.807, 2.05) is 6.92 Å². The van der Waals surface area contributed by atoms with Crippen molar-refractivity contribution in [2.75, 3.05) is 13.1 Å². The number of amides is 3. The molecule has 0 atom stereocenters. The number of nitrogens with zero attached hydrogens (tertiary/aromatic N) is 1. The first-order valence-corrected chi connectivity index (χ1v) is 6.51. The van der Waals surface area contributed by atoms with Gasteiger partial charge in [-0.25, -0.2) is 4.79 Å². The second-order valence-electron chi connectivity index (χ2n) is 4.78. The Kier molecular flexibility index (Phi) is 5.85. The number of carbonyl (C=O) groups is 2. The van der Waals surface area contributed by atoms with Crippen LogP contribution in [0.25, 0.3) is 0 Å². The largest absolute Gasteiger partial charge is 0.329 e. The number of carbonyl (C=O) groups excluding carboxylic acids is 2. The molecule has 1 aliphatic carbocycles. The molecule has 1 rings (SSSR count). The highest BCUT2D eigenvalue weighted by atomic mass is 16.2. The second kappa shape index (κ2) is 7.16. The van der Waals surface area contributed by atoms with E-state index in [0.717, 1.165) is 4.90 Å². The molecule has 5 nitrogen and oxygen atoms in total. The van der Waals surface area contributed by atoms with Crippen molar-refractivity contribution in [1.82, 2.24) is 10.2 Å². The van der Waals surface area contributed by atoms with Crippen molar-refractivity contribution in [3.63, 3.8) is 0 Å². The smallest absolute Gasteiger partial charge is 0.328 e. The van der Waals surface area contributed by atoms with Crippen LogP contribution < -0.4 is 11.1 Å². The molecule has 0 bridgehead atoms. The number of urea groups is 1. The van der Waals surface area contributed by atoms with E-state index in [2.05, 4.69) is 5.32 Å². The van der Waals surface area contributed by atoms with E-state index in [1.54, 1.807) is 6.20 Å². The van der Waals surface area contributed by atoms with Crippen molar-refractivity contribution in [3.8, 4) is 0 Å². The van der Waals surface area contributed by atoms with Crippen LogP contribution in [0.2, 0.25) is 0 Å². The van der Waals surface area contributed by atoms with Crippen LogP contribution in [0.4, 0.5) is 4.79 Å². The van der Waals surface area contributed by atoms with E-state index < -0.39 is 6.03 Å². The summed E-state index contributed by atoms with van der Waals surface area (Å²) in [7, 11) is 0. The first kappa shape index (κ1) is 14.7. The predicted octanol–water partition coefficient (Wildman–Crippen LogP) is 1.60. The molecule has 0 heterocycles. The van der Waals surface area contributed by atoms with Gasteiger partial charge < -0.3 is 11.1 Å². The molecule has 18 heavy (non-hydrogen) atoms. The minimum absolute atomic E-state index is 0.248. The summed E-state index contributed by atoms with van der Waals surface area (Å²) in [5, 5.41) is 2.67. The first-order chi connectivity index (χ1) is 8.56. The summed E-state index contributed by atoms with van der Waals surface area (Å²) in [6, 6.07) is -0.398. The SMILES string of the molecule is CC(=O)N(CCN)C(=O)N/C=C(\C)C1CCCC1. The summed E-state index contributed by atoms with van der Waals surface area (Å²) in [6.45, 7) is 3.91. The lowest BCUT2D eigenvalue weighted by atomic mass is 10.0. The van der Waals surface area contributed by atoms with E-state index in [4.69, 9.17) is 5.73 Å². The van der Waals surface area contributed by atoms with Crippen molar-refractivity contribution in [2.24, 2.45) is 11.7 Å². The van der Waals surface area contributed by atoms with Crippen molar-refractivity contribution in [2.45, 2.75) is 39.5 Å². The van der Waals surface area contributed by atoms with Gasteiger partial charge in [-0.05, 0) is 25.7 Å². The van der Waals surface area contributed by atoms with Crippen LogP contribution in [0.15, 0.2) is 11.8 Å². The van der Waals surface area contributed by atoms with Crippen LogP contribution in [0, 0.1) is 5.92 Å². The third-order valence-corrected chi connectivity index (χ3v) is 3.40. The number of imide groups is 1. The van der Waals surface area contributed by atoms with E-state index in [-0.39, 0.29) is 19.0 Å². The highest BCUT2D eigenvalue weighted by molar-refractivity contribution is 5.93. The van der Waals surface area contributed by atoms with Gasteiger partial charge in [0.05, 0.1) is 0 Å². The van der Waals surface area contributed by atoms with Crippen LogP contribution in [0.5, 0.6) is 0 Å². The molecule has 102 valence electrons. The molecule has 1 saturated carbocycles. The van der Waals surface area contributed by atoms with E-state index >= 15 is 0 Å². The van der Waals surface area contributed by atoms with Crippen LogP contribution in [0.1, 0.15) is 39.5 Å². The summed E-state index contributed by atoms with van der Waals surface area (Å²) < 4.78 is 0. The van der Waals surface area contributed by atoms with Gasteiger partial charge in [0.1, 0.15) is 0 Å². The fraction of sp³-hybridized carbons (Fsp3) is 0.692. The lowest BCUT2D eigenvalue weighted by Crippen LogP contribution is -2.43. The molecular formula is C13H23N3O2. The standard InChI is InChI=1S/C13H23N3O2/c1-10(12-5-3-4-6-12)9-15-13(18)16(8-7-14)11(2)17/h9,12H,3-8,14H2,1-2H3,(H,15,18)/b10-9+. The number of allylic oxidation sites excluding steroid dienone is 1. The Morgan fingerprint density at radius 3 is 2.44 bits per heavy atom. The fourth-order valence-electron chi connectivity index (χ4n) is 2.28. The molecular weight excluding hydrogens is 230 g/mol. The molecule has 0 aliphatic heterocycles. The van der Waals surface area contributed by atoms with Crippen molar-refractivity contribution >= 4 is 11.9 Å². The lowest BCUT2D eigenvalue weighted by Gasteiger charge is -2.18. The van der Waals surface area contributed by atoms with Crippen LogP contribution >= 0.6 is 0 Å². The molecule has 0 aromatic heterocycles. The van der Waals surface area contributed by atoms with Gasteiger partial charge in [-0.15, -0.1) is 0 Å². The van der Waals surface area contributed by atoms with E-state index in [9.17, 15) is 9.59 Å². The maximum Gasteiger partial charge on any atom is 0.328 e. The number of nitrogens with one attached hydrogen (secondary N) is 1. The molecule has 3 N–H and O–H groups in total. The Balaban J connectivity index is 2.52. The molecule has 0 unspecified atom stereocenters. The van der Waals surface area contributed by atoms with Gasteiger partial charge in [-0.2, -0.15) is 0 Å². The van der Waals surface area contributed by atoms with Gasteiger partial charge in [-0.1, -0.05) is 18.4 Å².